The maximum Gasteiger partial charge on any atom is 0.267 e. The minimum atomic E-state index is -0.300. The van der Waals surface area contributed by atoms with Crippen molar-refractivity contribution in [3.05, 3.63) is 52.8 Å². The molecule has 0 aliphatic heterocycles. The van der Waals surface area contributed by atoms with Crippen molar-refractivity contribution in [1.29, 1.82) is 0 Å². The Hall–Kier alpha value is -2.47. The molecule has 0 bridgehead atoms. The smallest absolute Gasteiger partial charge is 0.267 e. The van der Waals surface area contributed by atoms with Gasteiger partial charge in [-0.25, -0.2) is 4.68 Å². The molecule has 2 aromatic rings. The maximum atomic E-state index is 12.0. The molecule has 0 radical (unpaired) electrons. The molecule has 0 spiro atoms. The highest BCUT2D eigenvalue weighted by molar-refractivity contribution is 5.75. The van der Waals surface area contributed by atoms with Gasteiger partial charge in [-0.1, -0.05) is 30.3 Å². The van der Waals surface area contributed by atoms with Gasteiger partial charge in [0.25, 0.3) is 5.56 Å². The molecule has 6 nitrogen and oxygen atoms in total. The van der Waals surface area contributed by atoms with Crippen LogP contribution in [0.5, 0.6) is 0 Å². The summed E-state index contributed by atoms with van der Waals surface area (Å²) in [6.07, 6.45) is 2.27. The monoisotopic (exact) mass is 312 g/mol. The molecule has 3 rings (SSSR count). The molecule has 0 saturated heterocycles. The second-order valence-electron chi connectivity index (χ2n) is 5.89. The van der Waals surface area contributed by atoms with Gasteiger partial charge in [-0.15, -0.1) is 0 Å². The van der Waals surface area contributed by atoms with Gasteiger partial charge in [-0.3, -0.25) is 9.59 Å². The molecule has 1 aliphatic rings. The van der Waals surface area contributed by atoms with E-state index in [1.165, 1.54) is 10.7 Å². The van der Waals surface area contributed by atoms with Crippen LogP contribution in [0.15, 0.2) is 47.3 Å². The number of rotatable bonds is 6. The zero-order valence-electron chi connectivity index (χ0n) is 12.8. The molecule has 3 N–H and O–H groups in total. The molecular weight excluding hydrogens is 292 g/mol. The molecule has 1 amide bonds. The number of carbonyl (C=O) groups is 1. The first-order valence-corrected chi connectivity index (χ1v) is 7.79. The molecule has 120 valence electrons. The average molecular weight is 312 g/mol. The number of nitrogens with zero attached hydrogens (tertiary/aromatic N) is 2. The Balaban J connectivity index is 1.67. The zero-order valence-corrected chi connectivity index (χ0v) is 12.8. The minimum absolute atomic E-state index is 0.000663. The first-order valence-electron chi connectivity index (χ1n) is 7.79. The Morgan fingerprint density at radius 3 is 2.70 bits per heavy atom. The molecule has 1 heterocycles. The van der Waals surface area contributed by atoms with Gasteiger partial charge in [0, 0.05) is 24.2 Å². The summed E-state index contributed by atoms with van der Waals surface area (Å²) in [6, 6.07) is 12.6. The second kappa shape index (κ2) is 6.75. The van der Waals surface area contributed by atoms with Crippen molar-refractivity contribution in [1.82, 2.24) is 15.1 Å². The predicted octanol–water partition coefficient (Wildman–Crippen LogP) is 0.764. The average Bonchev–Trinajstić information content (AvgIpc) is 3.40. The lowest BCUT2D eigenvalue weighted by atomic mass is 10.1. The maximum absolute atomic E-state index is 12.0. The molecular formula is C17H20N4O2. The Morgan fingerprint density at radius 1 is 1.26 bits per heavy atom. The first kappa shape index (κ1) is 15.4. The third-order valence-electron chi connectivity index (χ3n) is 3.99. The van der Waals surface area contributed by atoms with Gasteiger partial charge in [0.05, 0.1) is 5.69 Å². The number of hydrogen-bond donors (Lipinski definition) is 2. The Kier molecular flexibility index (Phi) is 4.52. The molecule has 1 aromatic carbocycles. The summed E-state index contributed by atoms with van der Waals surface area (Å²) in [4.78, 5) is 23.9. The highest BCUT2D eigenvalue weighted by Crippen LogP contribution is 2.31. The largest absolute Gasteiger partial charge is 0.353 e. The van der Waals surface area contributed by atoms with E-state index in [-0.39, 0.29) is 24.1 Å². The van der Waals surface area contributed by atoms with E-state index in [0.717, 1.165) is 18.4 Å². The van der Waals surface area contributed by atoms with Crippen LogP contribution >= 0.6 is 0 Å². The highest BCUT2D eigenvalue weighted by atomic mass is 16.2. The van der Waals surface area contributed by atoms with E-state index in [1.807, 2.05) is 30.3 Å². The molecule has 23 heavy (non-hydrogen) atoms. The quantitative estimate of drug-likeness (QED) is 0.824. The fourth-order valence-corrected chi connectivity index (χ4v) is 2.44. The van der Waals surface area contributed by atoms with Gasteiger partial charge in [0.1, 0.15) is 6.54 Å². The van der Waals surface area contributed by atoms with Gasteiger partial charge < -0.3 is 11.1 Å². The van der Waals surface area contributed by atoms with Crippen LogP contribution in [0.2, 0.25) is 0 Å². The van der Waals surface area contributed by atoms with Gasteiger partial charge in [-0.05, 0) is 24.8 Å². The van der Waals surface area contributed by atoms with Crippen LogP contribution in [0.4, 0.5) is 0 Å². The van der Waals surface area contributed by atoms with E-state index in [1.54, 1.807) is 6.07 Å². The third kappa shape index (κ3) is 4.04. The predicted molar refractivity (Wildman–Crippen MR) is 87.6 cm³/mol. The van der Waals surface area contributed by atoms with Crippen LogP contribution in [0.1, 0.15) is 12.8 Å². The van der Waals surface area contributed by atoms with Crippen molar-refractivity contribution in [2.45, 2.75) is 25.4 Å². The number of hydrogen-bond acceptors (Lipinski definition) is 4. The second-order valence-corrected chi connectivity index (χ2v) is 5.89. The lowest BCUT2D eigenvalue weighted by molar-refractivity contribution is -0.122. The molecule has 1 fully saturated rings. The molecule has 1 unspecified atom stereocenters. The minimum Gasteiger partial charge on any atom is -0.353 e. The number of nitrogens with two attached hydrogens (primary N) is 1. The Morgan fingerprint density at radius 2 is 2.00 bits per heavy atom. The number of nitrogens with one attached hydrogen (secondary N) is 1. The summed E-state index contributed by atoms with van der Waals surface area (Å²) in [5.74, 6) is 0.276. The topological polar surface area (TPSA) is 90.0 Å². The molecule has 1 atom stereocenters. The van der Waals surface area contributed by atoms with Crippen molar-refractivity contribution in [2.24, 2.45) is 11.7 Å². The van der Waals surface area contributed by atoms with E-state index in [4.69, 9.17) is 5.73 Å². The number of aromatic nitrogens is 2. The lowest BCUT2D eigenvalue weighted by Gasteiger charge is -2.12. The van der Waals surface area contributed by atoms with Crippen LogP contribution in [-0.2, 0) is 11.3 Å². The van der Waals surface area contributed by atoms with Crippen molar-refractivity contribution in [2.75, 3.05) is 6.54 Å². The normalized spacial score (nSPS) is 15.2. The molecule has 1 aromatic heterocycles. The number of benzene rings is 1. The van der Waals surface area contributed by atoms with Gasteiger partial charge in [0.2, 0.25) is 5.91 Å². The summed E-state index contributed by atoms with van der Waals surface area (Å²) in [5.41, 5.74) is 7.21. The van der Waals surface area contributed by atoms with Crippen LogP contribution in [0.3, 0.4) is 0 Å². The van der Waals surface area contributed by atoms with Crippen molar-refractivity contribution in [3.63, 3.8) is 0 Å². The third-order valence-corrected chi connectivity index (χ3v) is 3.99. The summed E-state index contributed by atoms with van der Waals surface area (Å²) in [5, 5.41) is 7.04. The standard InChI is InChI=1S/C17H20N4O2/c18-14(12-6-7-12)10-19-16(22)11-21-17(23)9-8-15(20-21)13-4-2-1-3-5-13/h1-5,8-9,12,14H,6-7,10-11,18H2,(H,19,22). The van der Waals surface area contributed by atoms with Crippen LogP contribution in [-0.4, -0.2) is 28.3 Å². The fraction of sp³-hybridized carbons (Fsp3) is 0.353. The SMILES string of the molecule is NC(CNC(=O)Cn1nc(-c2ccccc2)ccc1=O)C1CC1. The highest BCUT2D eigenvalue weighted by Gasteiger charge is 2.28. The summed E-state index contributed by atoms with van der Waals surface area (Å²) in [6.45, 7) is 0.341. The van der Waals surface area contributed by atoms with Crippen molar-refractivity contribution >= 4 is 5.91 Å². The molecule has 6 heteroatoms. The van der Waals surface area contributed by atoms with E-state index >= 15 is 0 Å². The van der Waals surface area contributed by atoms with Crippen LogP contribution in [0, 0.1) is 5.92 Å². The number of amides is 1. The van der Waals surface area contributed by atoms with Crippen LogP contribution < -0.4 is 16.6 Å². The van der Waals surface area contributed by atoms with Crippen molar-refractivity contribution in [3.8, 4) is 11.3 Å². The zero-order chi connectivity index (χ0) is 16.2. The van der Waals surface area contributed by atoms with Gasteiger partial charge in [-0.2, -0.15) is 5.10 Å². The Labute approximate surface area is 134 Å². The van der Waals surface area contributed by atoms with E-state index in [0.29, 0.717) is 18.2 Å². The lowest BCUT2D eigenvalue weighted by Crippen LogP contribution is -2.41. The summed E-state index contributed by atoms with van der Waals surface area (Å²) >= 11 is 0. The first-order chi connectivity index (χ1) is 11.1. The molecule has 1 saturated carbocycles. The number of carbonyl (C=O) groups excluding carboxylic acids is 1. The van der Waals surface area contributed by atoms with E-state index in [2.05, 4.69) is 10.4 Å². The summed E-state index contributed by atoms with van der Waals surface area (Å²) in [7, 11) is 0. The van der Waals surface area contributed by atoms with Crippen LogP contribution in [0.25, 0.3) is 11.3 Å². The fourth-order valence-electron chi connectivity index (χ4n) is 2.44. The van der Waals surface area contributed by atoms with Crippen molar-refractivity contribution < 1.29 is 4.79 Å². The summed E-state index contributed by atoms with van der Waals surface area (Å²) < 4.78 is 1.18. The van der Waals surface area contributed by atoms with E-state index in [9.17, 15) is 9.59 Å². The molecule has 1 aliphatic carbocycles. The van der Waals surface area contributed by atoms with E-state index < -0.39 is 0 Å². The van der Waals surface area contributed by atoms with Gasteiger partial charge >= 0.3 is 0 Å². The van der Waals surface area contributed by atoms with Gasteiger partial charge in [0.15, 0.2) is 0 Å². The Bertz CT molecular complexity index is 738.